The van der Waals surface area contributed by atoms with Gasteiger partial charge in [0.2, 0.25) is 15.9 Å². The highest BCUT2D eigenvalue weighted by molar-refractivity contribution is 7.89. The maximum absolute atomic E-state index is 12.3. The zero-order valence-corrected chi connectivity index (χ0v) is 12.5. The van der Waals surface area contributed by atoms with E-state index in [1.807, 2.05) is 0 Å². The molecule has 0 aromatic heterocycles. The Bertz CT molecular complexity index is 567. The summed E-state index contributed by atoms with van der Waals surface area (Å²) in [5.74, 6) is -0.336. The number of benzene rings is 1. The van der Waals surface area contributed by atoms with E-state index in [9.17, 15) is 13.2 Å². The van der Waals surface area contributed by atoms with E-state index in [1.54, 1.807) is 20.2 Å². The van der Waals surface area contributed by atoms with Crippen molar-refractivity contribution in [2.45, 2.75) is 4.90 Å². The van der Waals surface area contributed by atoms with Gasteiger partial charge in [-0.05, 0) is 12.1 Å². The molecule has 0 bridgehead atoms. The van der Waals surface area contributed by atoms with E-state index in [0.717, 1.165) is 4.31 Å². The van der Waals surface area contributed by atoms with E-state index in [-0.39, 0.29) is 28.1 Å². The van der Waals surface area contributed by atoms with Crippen LogP contribution in [-0.2, 0) is 14.8 Å². The molecule has 0 aliphatic rings. The average molecular weight is 306 g/mol. The molecular weight excluding hydrogens is 290 g/mol. The van der Waals surface area contributed by atoms with E-state index in [0.29, 0.717) is 0 Å². The van der Waals surface area contributed by atoms with Crippen molar-refractivity contribution in [2.24, 2.45) is 0 Å². The van der Waals surface area contributed by atoms with Gasteiger partial charge in [0.1, 0.15) is 4.90 Å². The monoisotopic (exact) mass is 305 g/mol. The highest BCUT2D eigenvalue weighted by Crippen LogP contribution is 2.29. The third kappa shape index (κ3) is 3.37. The van der Waals surface area contributed by atoms with Gasteiger partial charge in [-0.2, -0.15) is 4.31 Å². The molecule has 0 fully saturated rings. The molecule has 6 nitrogen and oxygen atoms in total. The van der Waals surface area contributed by atoms with Crippen molar-refractivity contribution in [3.05, 3.63) is 23.2 Å². The number of amides is 1. The van der Waals surface area contributed by atoms with Gasteiger partial charge in [0, 0.05) is 21.1 Å². The van der Waals surface area contributed by atoms with Crippen molar-refractivity contribution < 1.29 is 13.2 Å². The molecule has 19 heavy (non-hydrogen) atoms. The average Bonchev–Trinajstić information content (AvgIpc) is 2.27. The summed E-state index contributed by atoms with van der Waals surface area (Å²) in [7, 11) is 0.502. The molecular formula is C11H16ClN3O3S. The molecule has 106 valence electrons. The molecule has 0 aliphatic carbocycles. The largest absolute Gasteiger partial charge is 0.398 e. The van der Waals surface area contributed by atoms with Crippen LogP contribution in [0, 0.1) is 0 Å². The number of rotatable bonds is 4. The normalized spacial score (nSPS) is 11.6. The van der Waals surface area contributed by atoms with Crippen LogP contribution in [0.4, 0.5) is 5.69 Å². The summed E-state index contributed by atoms with van der Waals surface area (Å²) >= 11 is 5.88. The third-order valence-electron chi connectivity index (χ3n) is 2.52. The van der Waals surface area contributed by atoms with Crippen molar-refractivity contribution in [3.63, 3.8) is 0 Å². The SMILES string of the molecule is CN(C)C(=O)CN(C)S(=O)(=O)c1c(N)cccc1Cl. The summed E-state index contributed by atoms with van der Waals surface area (Å²) in [5, 5.41) is 0.0316. The molecule has 0 spiro atoms. The van der Waals surface area contributed by atoms with Gasteiger partial charge in [0.25, 0.3) is 0 Å². The fourth-order valence-electron chi connectivity index (χ4n) is 1.37. The minimum Gasteiger partial charge on any atom is -0.398 e. The van der Waals surface area contributed by atoms with Crippen LogP contribution in [0.3, 0.4) is 0 Å². The van der Waals surface area contributed by atoms with Crippen molar-refractivity contribution in [2.75, 3.05) is 33.4 Å². The van der Waals surface area contributed by atoms with Crippen LogP contribution in [0.25, 0.3) is 0 Å². The lowest BCUT2D eigenvalue weighted by atomic mass is 10.3. The Hall–Kier alpha value is -1.31. The van der Waals surface area contributed by atoms with Gasteiger partial charge in [0.15, 0.2) is 0 Å². The molecule has 8 heteroatoms. The first-order valence-corrected chi connectivity index (χ1v) is 7.20. The summed E-state index contributed by atoms with van der Waals surface area (Å²) in [4.78, 5) is 12.7. The molecule has 2 N–H and O–H groups in total. The smallest absolute Gasteiger partial charge is 0.246 e. The lowest BCUT2D eigenvalue weighted by Gasteiger charge is -2.20. The van der Waals surface area contributed by atoms with Crippen LogP contribution in [0.2, 0.25) is 5.02 Å². The molecule has 1 rings (SSSR count). The van der Waals surface area contributed by atoms with Gasteiger partial charge in [-0.1, -0.05) is 17.7 Å². The van der Waals surface area contributed by atoms with E-state index < -0.39 is 10.0 Å². The maximum Gasteiger partial charge on any atom is 0.246 e. The standard InChI is InChI=1S/C11H16ClN3O3S/c1-14(2)10(16)7-15(3)19(17,18)11-8(12)5-4-6-9(11)13/h4-6H,7,13H2,1-3H3. The Morgan fingerprint density at radius 1 is 1.32 bits per heavy atom. The number of nitrogens with zero attached hydrogens (tertiary/aromatic N) is 2. The van der Waals surface area contributed by atoms with E-state index in [2.05, 4.69) is 0 Å². The highest BCUT2D eigenvalue weighted by Gasteiger charge is 2.27. The van der Waals surface area contributed by atoms with Gasteiger partial charge < -0.3 is 10.6 Å². The molecule has 1 aromatic carbocycles. The predicted molar refractivity (Wildman–Crippen MR) is 74.4 cm³/mol. The zero-order valence-electron chi connectivity index (χ0n) is 10.9. The van der Waals surface area contributed by atoms with Gasteiger partial charge in [-0.15, -0.1) is 0 Å². The van der Waals surface area contributed by atoms with Crippen molar-refractivity contribution in [1.82, 2.24) is 9.21 Å². The maximum atomic E-state index is 12.3. The summed E-state index contributed by atoms with van der Waals surface area (Å²) in [6.45, 7) is -0.278. The minimum atomic E-state index is -3.90. The second-order valence-corrected chi connectivity index (χ2v) is 6.60. The Morgan fingerprint density at radius 3 is 2.37 bits per heavy atom. The summed E-state index contributed by atoms with van der Waals surface area (Å²) < 4.78 is 25.6. The quantitative estimate of drug-likeness (QED) is 0.827. The van der Waals surface area contributed by atoms with Crippen LogP contribution in [-0.4, -0.2) is 51.2 Å². The van der Waals surface area contributed by atoms with Gasteiger partial charge in [0.05, 0.1) is 17.3 Å². The summed E-state index contributed by atoms with van der Waals surface area (Å²) in [6, 6.07) is 4.44. The number of anilines is 1. The van der Waals surface area contributed by atoms with E-state index >= 15 is 0 Å². The zero-order chi connectivity index (χ0) is 14.8. The Balaban J connectivity index is 3.14. The molecule has 0 saturated heterocycles. The topological polar surface area (TPSA) is 83.7 Å². The molecule has 0 saturated carbocycles. The first-order valence-electron chi connectivity index (χ1n) is 5.38. The van der Waals surface area contributed by atoms with Crippen molar-refractivity contribution >= 4 is 33.2 Å². The van der Waals surface area contributed by atoms with Crippen molar-refractivity contribution in [3.8, 4) is 0 Å². The number of carbonyl (C=O) groups is 1. The van der Waals surface area contributed by atoms with Crippen LogP contribution < -0.4 is 5.73 Å². The molecule has 0 unspecified atom stereocenters. The summed E-state index contributed by atoms with van der Waals surface area (Å²) in [5.41, 5.74) is 5.70. The van der Waals surface area contributed by atoms with Gasteiger partial charge >= 0.3 is 0 Å². The number of nitrogen functional groups attached to an aromatic ring is 1. The lowest BCUT2D eigenvalue weighted by Crippen LogP contribution is -2.38. The van der Waals surface area contributed by atoms with E-state index in [1.165, 1.54) is 24.1 Å². The van der Waals surface area contributed by atoms with Gasteiger partial charge in [-0.3, -0.25) is 4.79 Å². The summed E-state index contributed by atoms with van der Waals surface area (Å²) in [6.07, 6.45) is 0. The number of carbonyl (C=O) groups excluding carboxylic acids is 1. The van der Waals surface area contributed by atoms with Crippen LogP contribution in [0.15, 0.2) is 23.1 Å². The fourth-order valence-corrected chi connectivity index (χ4v) is 3.12. The first kappa shape index (κ1) is 15.7. The lowest BCUT2D eigenvalue weighted by molar-refractivity contribution is -0.128. The molecule has 0 heterocycles. The Labute approximate surface area is 117 Å². The molecule has 0 radical (unpaired) electrons. The predicted octanol–water partition coefficient (Wildman–Crippen LogP) is 0.631. The van der Waals surface area contributed by atoms with E-state index in [4.69, 9.17) is 17.3 Å². The van der Waals surface area contributed by atoms with Crippen molar-refractivity contribution in [1.29, 1.82) is 0 Å². The fraction of sp³-hybridized carbons (Fsp3) is 0.364. The number of halogens is 1. The number of sulfonamides is 1. The second kappa shape index (κ2) is 5.77. The molecule has 1 amide bonds. The Morgan fingerprint density at radius 2 is 1.89 bits per heavy atom. The first-order chi connectivity index (χ1) is 8.67. The Kier molecular flexibility index (Phi) is 4.78. The molecule has 0 aliphatic heterocycles. The van der Waals surface area contributed by atoms with Crippen LogP contribution in [0.1, 0.15) is 0 Å². The van der Waals surface area contributed by atoms with Crippen LogP contribution in [0.5, 0.6) is 0 Å². The third-order valence-corrected chi connectivity index (χ3v) is 4.87. The number of likely N-dealkylation sites (N-methyl/N-ethyl adjacent to an activating group) is 2. The number of hydrogen-bond donors (Lipinski definition) is 1. The number of hydrogen-bond acceptors (Lipinski definition) is 4. The highest BCUT2D eigenvalue weighted by atomic mass is 35.5. The molecule has 0 atom stereocenters. The van der Waals surface area contributed by atoms with Gasteiger partial charge in [-0.25, -0.2) is 8.42 Å². The number of nitrogens with two attached hydrogens (primary N) is 1. The minimum absolute atomic E-state index is 0.0316. The molecule has 1 aromatic rings. The second-order valence-electron chi connectivity index (χ2n) is 4.21. The van der Waals surface area contributed by atoms with Crippen LogP contribution >= 0.6 is 11.6 Å².